The lowest BCUT2D eigenvalue weighted by atomic mass is 10.1. The molecule has 1 aliphatic heterocycles. The minimum atomic E-state index is -1.90. The molecule has 4 atom stereocenters. The van der Waals surface area contributed by atoms with Gasteiger partial charge in [0.15, 0.2) is 23.6 Å². The van der Waals surface area contributed by atoms with Crippen LogP contribution >= 0.6 is 0 Å². The highest BCUT2D eigenvalue weighted by atomic mass is 19.1. The minimum absolute atomic E-state index is 0.0116. The van der Waals surface area contributed by atoms with Crippen molar-refractivity contribution in [3.8, 4) is 0 Å². The number of nitrogens with two attached hydrogens (primary N) is 1. The van der Waals surface area contributed by atoms with Crippen molar-refractivity contribution in [1.29, 1.82) is 0 Å². The molecule has 0 unspecified atom stereocenters. The van der Waals surface area contributed by atoms with Gasteiger partial charge in [-0.05, 0) is 0 Å². The fourth-order valence-corrected chi connectivity index (χ4v) is 2.80. The van der Waals surface area contributed by atoms with Gasteiger partial charge in [0, 0.05) is 6.54 Å². The number of H-pyrrole nitrogens is 1. The van der Waals surface area contributed by atoms with Gasteiger partial charge >= 0.3 is 5.69 Å². The number of halogens is 1. The molecule has 3 rings (SSSR count). The number of aromatic nitrogens is 4. The number of ether oxygens (including phenoxy) is 1. The molecule has 1 fully saturated rings. The van der Waals surface area contributed by atoms with Gasteiger partial charge in [0.1, 0.15) is 12.2 Å². The average molecular weight is 341 g/mol. The highest BCUT2D eigenvalue weighted by molar-refractivity contribution is 5.71. The number of alkyl halides is 1. The van der Waals surface area contributed by atoms with Crippen LogP contribution < -0.4 is 17.0 Å². The monoisotopic (exact) mass is 341 g/mol. The Morgan fingerprint density at radius 3 is 2.79 bits per heavy atom. The molecule has 24 heavy (non-hydrogen) atoms. The molecule has 11 heteroatoms. The van der Waals surface area contributed by atoms with Crippen molar-refractivity contribution in [3.05, 3.63) is 33.5 Å². The maximum Gasteiger partial charge on any atom is 0.333 e. The predicted octanol–water partition coefficient (Wildman–Crippen LogP) is -1.76. The van der Waals surface area contributed by atoms with E-state index in [1.165, 1.54) is 6.08 Å². The molecule has 10 nitrogen and oxygen atoms in total. The first-order valence-corrected chi connectivity index (χ1v) is 7.10. The Morgan fingerprint density at radius 2 is 2.21 bits per heavy atom. The van der Waals surface area contributed by atoms with Crippen molar-refractivity contribution in [1.82, 2.24) is 19.1 Å². The van der Waals surface area contributed by atoms with Crippen molar-refractivity contribution >= 4 is 17.1 Å². The Labute approximate surface area is 133 Å². The minimum Gasteiger partial charge on any atom is -0.394 e. The first kappa shape index (κ1) is 16.4. The van der Waals surface area contributed by atoms with E-state index in [0.717, 1.165) is 9.13 Å². The summed E-state index contributed by atoms with van der Waals surface area (Å²) in [5.74, 6) is -0.250. The molecule has 1 saturated heterocycles. The molecule has 130 valence electrons. The van der Waals surface area contributed by atoms with Crippen LogP contribution in [-0.2, 0) is 11.3 Å². The van der Waals surface area contributed by atoms with Crippen LogP contribution in [0.5, 0.6) is 0 Å². The smallest absolute Gasteiger partial charge is 0.333 e. The first-order chi connectivity index (χ1) is 11.4. The van der Waals surface area contributed by atoms with E-state index in [2.05, 4.69) is 16.5 Å². The quantitative estimate of drug-likeness (QED) is 0.482. The molecule has 1 aliphatic rings. The van der Waals surface area contributed by atoms with Gasteiger partial charge in [-0.3, -0.25) is 14.3 Å². The van der Waals surface area contributed by atoms with Gasteiger partial charge in [0.2, 0.25) is 5.95 Å². The Hall–Kier alpha value is -2.50. The number of hydrogen-bond donors (Lipinski definition) is 4. The van der Waals surface area contributed by atoms with E-state index in [1.807, 2.05) is 0 Å². The van der Waals surface area contributed by atoms with Gasteiger partial charge in [0.25, 0.3) is 5.56 Å². The fraction of sp³-hybridized carbons (Fsp3) is 0.462. The summed E-state index contributed by atoms with van der Waals surface area (Å²) in [6.45, 7) is 2.82. The van der Waals surface area contributed by atoms with Crippen LogP contribution in [0.1, 0.15) is 6.23 Å². The Morgan fingerprint density at radius 1 is 1.50 bits per heavy atom. The molecule has 0 amide bonds. The number of imidazole rings is 1. The summed E-state index contributed by atoms with van der Waals surface area (Å²) < 4.78 is 21.1. The summed E-state index contributed by atoms with van der Waals surface area (Å²) in [7, 11) is 0. The van der Waals surface area contributed by atoms with E-state index in [1.54, 1.807) is 0 Å². The van der Waals surface area contributed by atoms with Crippen LogP contribution in [0.4, 0.5) is 10.3 Å². The van der Waals surface area contributed by atoms with E-state index < -0.39 is 42.5 Å². The van der Waals surface area contributed by atoms with Crippen molar-refractivity contribution in [2.24, 2.45) is 0 Å². The van der Waals surface area contributed by atoms with Crippen molar-refractivity contribution in [2.45, 2.75) is 31.2 Å². The first-order valence-electron chi connectivity index (χ1n) is 7.10. The zero-order valence-corrected chi connectivity index (χ0v) is 12.4. The SMILES string of the molecule is C=CCn1c(=O)n([C@@H]2O[C@H](CO)[C@@H](F)[C@H]2O)c2nc(N)[nH]c(=O)c21. The number of fused-ring (bicyclic) bond motifs is 1. The zero-order valence-electron chi connectivity index (χ0n) is 12.4. The van der Waals surface area contributed by atoms with Crippen LogP contribution in [0.15, 0.2) is 22.2 Å². The number of hydrogen-bond acceptors (Lipinski definition) is 7. The molecule has 5 N–H and O–H groups in total. The number of rotatable bonds is 4. The molecule has 0 radical (unpaired) electrons. The number of nitrogens with one attached hydrogen (secondary N) is 1. The summed E-state index contributed by atoms with van der Waals surface area (Å²) >= 11 is 0. The number of aliphatic hydroxyl groups excluding tert-OH is 2. The normalized spacial score (nSPS) is 27.0. The van der Waals surface area contributed by atoms with E-state index >= 15 is 0 Å². The zero-order chi connectivity index (χ0) is 17.6. The fourth-order valence-electron chi connectivity index (χ4n) is 2.80. The van der Waals surface area contributed by atoms with Gasteiger partial charge in [-0.25, -0.2) is 13.8 Å². The number of anilines is 1. The average Bonchev–Trinajstić information content (AvgIpc) is 2.96. The molecule has 2 aromatic rings. The molecule has 0 saturated carbocycles. The van der Waals surface area contributed by atoms with Gasteiger partial charge in [0.05, 0.1) is 6.61 Å². The molecular formula is C13H16FN5O5. The number of aromatic amines is 1. The summed E-state index contributed by atoms with van der Waals surface area (Å²) in [6.07, 6.45) is -4.98. The summed E-state index contributed by atoms with van der Waals surface area (Å²) in [5.41, 5.74) is 3.84. The number of allylic oxidation sites excluding steroid dienone is 1. The Kier molecular flexibility index (Phi) is 3.99. The topological polar surface area (TPSA) is 148 Å². The number of aliphatic hydroxyl groups is 2. The summed E-state index contributed by atoms with van der Waals surface area (Å²) in [5, 5.41) is 19.1. The highest BCUT2D eigenvalue weighted by Gasteiger charge is 2.46. The van der Waals surface area contributed by atoms with E-state index in [-0.39, 0.29) is 23.7 Å². The van der Waals surface area contributed by atoms with Crippen LogP contribution in [0.3, 0.4) is 0 Å². The largest absolute Gasteiger partial charge is 0.394 e. The van der Waals surface area contributed by atoms with Gasteiger partial charge < -0.3 is 20.7 Å². The molecule has 0 spiro atoms. The molecule has 0 aromatic carbocycles. The van der Waals surface area contributed by atoms with Gasteiger partial charge in [-0.2, -0.15) is 4.98 Å². The van der Waals surface area contributed by atoms with Crippen LogP contribution in [-0.4, -0.2) is 54.3 Å². The molecule has 3 heterocycles. The van der Waals surface area contributed by atoms with Crippen molar-refractivity contribution in [2.75, 3.05) is 12.3 Å². The molecule has 0 aliphatic carbocycles. The highest BCUT2D eigenvalue weighted by Crippen LogP contribution is 2.32. The lowest BCUT2D eigenvalue weighted by molar-refractivity contribution is -0.0513. The van der Waals surface area contributed by atoms with Crippen LogP contribution in [0.25, 0.3) is 11.2 Å². The maximum atomic E-state index is 14.0. The molecule has 0 bridgehead atoms. The van der Waals surface area contributed by atoms with E-state index in [4.69, 9.17) is 15.6 Å². The summed E-state index contributed by atoms with van der Waals surface area (Å²) in [4.78, 5) is 31.0. The van der Waals surface area contributed by atoms with Gasteiger partial charge in [-0.1, -0.05) is 6.08 Å². The molecule has 2 aromatic heterocycles. The second kappa shape index (κ2) is 5.85. The standard InChI is InChI=1S/C13H16FN5O5/c1-2-3-18-7-9(16-12(15)17-10(7)22)19(13(18)23)11-8(21)6(14)5(4-20)24-11/h2,5-6,8,11,20-21H,1,3-4H2,(H3,15,16,17,22)/t5-,6-,8-,11-/m1/s1. The Balaban J connectivity index is 2.29. The maximum absolute atomic E-state index is 14.0. The third-order valence-corrected chi connectivity index (χ3v) is 3.86. The van der Waals surface area contributed by atoms with Crippen LogP contribution in [0.2, 0.25) is 0 Å². The lowest BCUT2D eigenvalue weighted by Crippen LogP contribution is -2.34. The van der Waals surface area contributed by atoms with E-state index in [0.29, 0.717) is 0 Å². The van der Waals surface area contributed by atoms with Crippen molar-refractivity contribution in [3.63, 3.8) is 0 Å². The van der Waals surface area contributed by atoms with Crippen LogP contribution in [0, 0.1) is 0 Å². The second-order valence-electron chi connectivity index (χ2n) is 5.36. The Bertz CT molecular complexity index is 903. The third kappa shape index (κ3) is 2.25. The number of nitrogen functional groups attached to an aromatic ring is 1. The summed E-state index contributed by atoms with van der Waals surface area (Å²) in [6, 6.07) is 0. The molecular weight excluding hydrogens is 325 g/mol. The second-order valence-corrected chi connectivity index (χ2v) is 5.36. The van der Waals surface area contributed by atoms with E-state index in [9.17, 15) is 19.1 Å². The predicted molar refractivity (Wildman–Crippen MR) is 81.1 cm³/mol. The number of nitrogens with zero attached hydrogens (tertiary/aromatic N) is 3. The van der Waals surface area contributed by atoms with Crippen molar-refractivity contribution < 1.29 is 19.3 Å². The third-order valence-electron chi connectivity index (χ3n) is 3.86. The lowest BCUT2D eigenvalue weighted by Gasteiger charge is -2.15. The van der Waals surface area contributed by atoms with Gasteiger partial charge in [-0.15, -0.1) is 6.58 Å².